The van der Waals surface area contributed by atoms with Gasteiger partial charge >= 0.3 is 0 Å². The van der Waals surface area contributed by atoms with Gasteiger partial charge in [0.25, 0.3) is 0 Å². The van der Waals surface area contributed by atoms with Gasteiger partial charge in [0.1, 0.15) is 5.82 Å². The predicted molar refractivity (Wildman–Crippen MR) is 99.4 cm³/mol. The summed E-state index contributed by atoms with van der Waals surface area (Å²) in [6, 6.07) is 8.03. The summed E-state index contributed by atoms with van der Waals surface area (Å²) in [5, 5.41) is 11.9. The molecule has 0 atom stereocenters. The number of rotatable bonds is 6. The average molecular weight is 371 g/mol. The second-order valence-corrected chi connectivity index (χ2v) is 6.53. The van der Waals surface area contributed by atoms with Crippen LogP contribution in [-0.4, -0.2) is 31.4 Å². The summed E-state index contributed by atoms with van der Waals surface area (Å²) in [6.07, 6.45) is 3.43. The molecule has 26 heavy (non-hydrogen) atoms. The number of benzene rings is 1. The Morgan fingerprint density at radius 1 is 1.31 bits per heavy atom. The SMILES string of the molecule is CCn1c(SCC(=O)Nc2ccc(F)cc2C)nnc1-c1cccnc1. The van der Waals surface area contributed by atoms with E-state index in [0.717, 1.165) is 11.4 Å². The third-order valence-corrected chi connectivity index (χ3v) is 4.71. The van der Waals surface area contributed by atoms with E-state index in [1.165, 1.54) is 23.9 Å². The third kappa shape index (κ3) is 4.08. The van der Waals surface area contributed by atoms with Crippen molar-refractivity contribution >= 4 is 23.4 Å². The lowest BCUT2D eigenvalue weighted by Gasteiger charge is -2.09. The number of aryl methyl sites for hydroxylation is 1. The monoisotopic (exact) mass is 371 g/mol. The molecule has 3 rings (SSSR count). The maximum atomic E-state index is 13.1. The quantitative estimate of drug-likeness (QED) is 0.671. The summed E-state index contributed by atoms with van der Waals surface area (Å²) in [5.74, 6) is 0.396. The molecule has 0 bridgehead atoms. The van der Waals surface area contributed by atoms with Crippen LogP contribution >= 0.6 is 11.8 Å². The number of thioether (sulfide) groups is 1. The molecule has 0 saturated heterocycles. The van der Waals surface area contributed by atoms with Gasteiger partial charge < -0.3 is 9.88 Å². The highest BCUT2D eigenvalue weighted by Gasteiger charge is 2.15. The first-order chi connectivity index (χ1) is 12.6. The van der Waals surface area contributed by atoms with E-state index in [1.807, 2.05) is 23.6 Å². The summed E-state index contributed by atoms with van der Waals surface area (Å²) in [7, 11) is 0. The number of nitrogens with zero attached hydrogens (tertiary/aromatic N) is 4. The number of carbonyl (C=O) groups excluding carboxylic acids is 1. The number of amides is 1. The van der Waals surface area contributed by atoms with Gasteiger partial charge in [0.05, 0.1) is 5.75 Å². The van der Waals surface area contributed by atoms with E-state index in [0.29, 0.717) is 23.0 Å². The maximum absolute atomic E-state index is 13.1. The Morgan fingerprint density at radius 3 is 2.85 bits per heavy atom. The van der Waals surface area contributed by atoms with Crippen molar-refractivity contribution in [2.75, 3.05) is 11.1 Å². The van der Waals surface area contributed by atoms with E-state index < -0.39 is 0 Å². The minimum Gasteiger partial charge on any atom is -0.325 e. The fourth-order valence-corrected chi connectivity index (χ4v) is 3.28. The summed E-state index contributed by atoms with van der Waals surface area (Å²) >= 11 is 1.31. The minimum atomic E-state index is -0.325. The highest BCUT2D eigenvalue weighted by molar-refractivity contribution is 7.99. The topological polar surface area (TPSA) is 72.7 Å². The minimum absolute atomic E-state index is 0.182. The van der Waals surface area contributed by atoms with Crippen molar-refractivity contribution in [3.8, 4) is 11.4 Å². The lowest BCUT2D eigenvalue weighted by atomic mass is 10.2. The van der Waals surface area contributed by atoms with Gasteiger partial charge in [0.2, 0.25) is 5.91 Å². The molecular weight excluding hydrogens is 353 g/mol. The van der Waals surface area contributed by atoms with Crippen molar-refractivity contribution in [3.05, 3.63) is 54.1 Å². The molecule has 6 nitrogen and oxygen atoms in total. The van der Waals surface area contributed by atoms with E-state index in [-0.39, 0.29) is 17.5 Å². The summed E-state index contributed by atoms with van der Waals surface area (Å²) in [4.78, 5) is 16.3. The van der Waals surface area contributed by atoms with Gasteiger partial charge in [-0.2, -0.15) is 0 Å². The molecule has 0 fully saturated rings. The van der Waals surface area contributed by atoms with Crippen LogP contribution in [0.1, 0.15) is 12.5 Å². The molecule has 1 aromatic carbocycles. The largest absolute Gasteiger partial charge is 0.325 e. The normalized spacial score (nSPS) is 10.7. The number of hydrogen-bond acceptors (Lipinski definition) is 5. The van der Waals surface area contributed by atoms with Crippen molar-refractivity contribution in [2.45, 2.75) is 25.5 Å². The molecule has 2 heterocycles. The molecule has 0 aliphatic heterocycles. The molecule has 134 valence electrons. The number of pyridine rings is 1. The average Bonchev–Trinajstić information content (AvgIpc) is 3.06. The summed E-state index contributed by atoms with van der Waals surface area (Å²) in [6.45, 7) is 4.42. The van der Waals surface area contributed by atoms with Crippen LogP contribution in [0.2, 0.25) is 0 Å². The molecule has 1 N–H and O–H groups in total. The first-order valence-electron chi connectivity index (χ1n) is 8.11. The second-order valence-electron chi connectivity index (χ2n) is 5.59. The molecule has 0 aliphatic carbocycles. The van der Waals surface area contributed by atoms with Crippen molar-refractivity contribution < 1.29 is 9.18 Å². The standard InChI is InChI=1S/C18H18FN5OS/c1-3-24-17(13-5-4-8-20-10-13)22-23-18(24)26-11-16(25)21-15-7-6-14(19)9-12(15)2/h4-10H,3,11H2,1-2H3,(H,21,25). The van der Waals surface area contributed by atoms with E-state index in [1.54, 1.807) is 25.4 Å². The zero-order chi connectivity index (χ0) is 18.5. The smallest absolute Gasteiger partial charge is 0.234 e. The van der Waals surface area contributed by atoms with Crippen molar-refractivity contribution in [1.29, 1.82) is 0 Å². The Balaban J connectivity index is 1.68. The van der Waals surface area contributed by atoms with Gasteiger partial charge in [-0.3, -0.25) is 9.78 Å². The molecule has 2 aromatic heterocycles. The molecule has 3 aromatic rings. The van der Waals surface area contributed by atoms with Crippen LogP contribution in [-0.2, 0) is 11.3 Å². The number of carbonyl (C=O) groups is 1. The Labute approximate surface area is 154 Å². The third-order valence-electron chi connectivity index (χ3n) is 3.75. The van der Waals surface area contributed by atoms with Crippen LogP contribution in [0.5, 0.6) is 0 Å². The van der Waals surface area contributed by atoms with Crippen molar-refractivity contribution in [1.82, 2.24) is 19.7 Å². The molecular formula is C18H18FN5OS. The highest BCUT2D eigenvalue weighted by Crippen LogP contribution is 2.24. The van der Waals surface area contributed by atoms with Crippen LogP contribution in [0.4, 0.5) is 10.1 Å². The molecule has 0 unspecified atom stereocenters. The van der Waals surface area contributed by atoms with Gasteiger partial charge in [-0.05, 0) is 49.7 Å². The molecule has 0 radical (unpaired) electrons. The molecule has 1 amide bonds. The summed E-state index contributed by atoms with van der Waals surface area (Å²) < 4.78 is 15.1. The number of halogens is 1. The number of anilines is 1. The maximum Gasteiger partial charge on any atom is 0.234 e. The van der Waals surface area contributed by atoms with Crippen LogP contribution in [0.25, 0.3) is 11.4 Å². The first-order valence-corrected chi connectivity index (χ1v) is 9.09. The van der Waals surface area contributed by atoms with E-state index in [9.17, 15) is 9.18 Å². The van der Waals surface area contributed by atoms with Crippen LogP contribution in [0, 0.1) is 12.7 Å². The fourth-order valence-electron chi connectivity index (χ4n) is 2.47. The summed E-state index contributed by atoms with van der Waals surface area (Å²) in [5.41, 5.74) is 2.16. The van der Waals surface area contributed by atoms with Gasteiger partial charge in [-0.1, -0.05) is 11.8 Å². The first kappa shape index (κ1) is 18.1. The van der Waals surface area contributed by atoms with Crippen molar-refractivity contribution in [2.24, 2.45) is 0 Å². The molecule has 0 aliphatic rings. The van der Waals surface area contributed by atoms with Gasteiger partial charge in [-0.25, -0.2) is 4.39 Å². The van der Waals surface area contributed by atoms with Gasteiger partial charge in [-0.15, -0.1) is 10.2 Å². The lowest BCUT2D eigenvalue weighted by molar-refractivity contribution is -0.113. The zero-order valence-corrected chi connectivity index (χ0v) is 15.3. The lowest BCUT2D eigenvalue weighted by Crippen LogP contribution is -2.15. The number of aromatic nitrogens is 4. The van der Waals surface area contributed by atoms with E-state index >= 15 is 0 Å². The van der Waals surface area contributed by atoms with E-state index in [2.05, 4.69) is 20.5 Å². The molecule has 0 spiro atoms. The predicted octanol–water partition coefficient (Wildman–Crippen LogP) is 3.54. The number of nitrogens with one attached hydrogen (secondary N) is 1. The Hall–Kier alpha value is -2.74. The van der Waals surface area contributed by atoms with Crippen molar-refractivity contribution in [3.63, 3.8) is 0 Å². The highest BCUT2D eigenvalue weighted by atomic mass is 32.2. The Morgan fingerprint density at radius 2 is 2.15 bits per heavy atom. The van der Waals surface area contributed by atoms with Crippen LogP contribution in [0.3, 0.4) is 0 Å². The van der Waals surface area contributed by atoms with Crippen LogP contribution in [0.15, 0.2) is 47.9 Å². The van der Waals surface area contributed by atoms with Gasteiger partial charge in [0, 0.05) is 30.2 Å². The second kappa shape index (κ2) is 8.09. The fraction of sp³-hybridized carbons (Fsp3) is 0.222. The zero-order valence-electron chi connectivity index (χ0n) is 14.4. The van der Waals surface area contributed by atoms with Crippen LogP contribution < -0.4 is 5.32 Å². The molecule has 8 heteroatoms. The Kier molecular flexibility index (Phi) is 5.62. The number of hydrogen-bond donors (Lipinski definition) is 1. The molecule has 0 saturated carbocycles. The van der Waals surface area contributed by atoms with E-state index in [4.69, 9.17) is 0 Å². The van der Waals surface area contributed by atoms with Gasteiger partial charge in [0.15, 0.2) is 11.0 Å². The Bertz CT molecular complexity index is 913.